The monoisotopic (exact) mass is 268 g/mol. The van der Waals surface area contributed by atoms with Gasteiger partial charge in [0.2, 0.25) is 0 Å². The second-order valence-corrected chi connectivity index (χ2v) is 5.58. The zero-order valence-corrected chi connectivity index (χ0v) is 11.7. The first-order valence-electron chi connectivity index (χ1n) is 7.22. The van der Waals surface area contributed by atoms with Gasteiger partial charge in [-0.25, -0.2) is 0 Å². The molecule has 2 heteroatoms. The fraction of sp³-hybridized carbons (Fsp3) is 0.333. The third-order valence-corrected chi connectivity index (χ3v) is 4.04. The van der Waals surface area contributed by atoms with Gasteiger partial charge in [0, 0.05) is 12.0 Å². The van der Waals surface area contributed by atoms with Crippen LogP contribution in [-0.4, -0.2) is 11.2 Å². The fourth-order valence-electron chi connectivity index (χ4n) is 2.92. The van der Waals surface area contributed by atoms with E-state index in [0.717, 1.165) is 17.7 Å². The molecule has 0 aromatic heterocycles. The molecule has 104 valence electrons. The Hall–Kier alpha value is -1.80. The van der Waals surface area contributed by atoms with Gasteiger partial charge in [-0.3, -0.25) is 0 Å². The molecule has 0 saturated heterocycles. The van der Waals surface area contributed by atoms with Crippen LogP contribution in [0.4, 0.5) is 0 Å². The van der Waals surface area contributed by atoms with Crippen LogP contribution in [0.25, 0.3) is 0 Å². The van der Waals surface area contributed by atoms with Gasteiger partial charge in [0.25, 0.3) is 0 Å². The number of fused-ring (bicyclic) bond motifs is 1. The molecule has 0 spiro atoms. The van der Waals surface area contributed by atoms with Crippen LogP contribution in [0.2, 0.25) is 0 Å². The van der Waals surface area contributed by atoms with Crippen molar-refractivity contribution in [2.45, 2.75) is 37.9 Å². The molecule has 2 nitrogen and oxygen atoms in total. The zero-order valence-electron chi connectivity index (χ0n) is 11.7. The maximum absolute atomic E-state index is 10.2. The van der Waals surface area contributed by atoms with E-state index in [4.69, 9.17) is 4.74 Å². The molecule has 3 rings (SSSR count). The molecule has 1 heterocycles. The largest absolute Gasteiger partial charge is 0.490 e. The van der Waals surface area contributed by atoms with Crippen LogP contribution in [0.15, 0.2) is 54.6 Å². The summed E-state index contributed by atoms with van der Waals surface area (Å²) in [5, 5.41) is 10.2. The van der Waals surface area contributed by atoms with Crippen molar-refractivity contribution in [3.8, 4) is 5.75 Å². The summed E-state index contributed by atoms with van der Waals surface area (Å²) in [5.74, 6) is 1.26. The molecular formula is C18H20O2. The van der Waals surface area contributed by atoms with E-state index in [2.05, 4.69) is 31.2 Å². The average molecular weight is 268 g/mol. The highest BCUT2D eigenvalue weighted by atomic mass is 16.5. The first-order chi connectivity index (χ1) is 9.74. The number of benzene rings is 2. The second kappa shape index (κ2) is 5.68. The van der Waals surface area contributed by atoms with Gasteiger partial charge in [0.1, 0.15) is 11.9 Å². The fourth-order valence-corrected chi connectivity index (χ4v) is 2.92. The lowest BCUT2D eigenvalue weighted by molar-refractivity contribution is 0.0589. The topological polar surface area (TPSA) is 29.5 Å². The third-order valence-electron chi connectivity index (χ3n) is 4.04. The Kier molecular flexibility index (Phi) is 3.75. The van der Waals surface area contributed by atoms with E-state index in [1.165, 1.54) is 5.56 Å². The lowest BCUT2D eigenvalue weighted by atomic mass is 9.90. The maximum atomic E-state index is 10.2. The summed E-state index contributed by atoms with van der Waals surface area (Å²) in [4.78, 5) is 0. The molecule has 1 N–H and O–H groups in total. The molecule has 0 saturated carbocycles. The summed E-state index contributed by atoms with van der Waals surface area (Å²) < 4.78 is 6.03. The molecular weight excluding hydrogens is 248 g/mol. The smallest absolute Gasteiger partial charge is 0.125 e. The van der Waals surface area contributed by atoms with Crippen molar-refractivity contribution in [1.82, 2.24) is 0 Å². The predicted octanol–water partition coefficient (Wildman–Crippen LogP) is 4.06. The summed E-state index contributed by atoms with van der Waals surface area (Å²) in [6.07, 6.45) is 1.27. The van der Waals surface area contributed by atoms with Crippen molar-refractivity contribution in [3.05, 3.63) is 65.7 Å². The SMILES string of the molecule is CC(CC1C[C@@H](O)c2ccccc2O1)c1ccccc1. The Morgan fingerprint density at radius 3 is 2.60 bits per heavy atom. The molecule has 2 aromatic carbocycles. The van der Waals surface area contributed by atoms with E-state index in [1.807, 2.05) is 30.3 Å². The van der Waals surface area contributed by atoms with E-state index in [0.29, 0.717) is 12.3 Å². The molecule has 3 atom stereocenters. The average Bonchev–Trinajstić information content (AvgIpc) is 2.48. The Morgan fingerprint density at radius 2 is 1.80 bits per heavy atom. The van der Waals surface area contributed by atoms with E-state index >= 15 is 0 Å². The number of hydrogen-bond donors (Lipinski definition) is 1. The molecule has 0 amide bonds. The van der Waals surface area contributed by atoms with Crippen LogP contribution in [-0.2, 0) is 0 Å². The molecule has 0 radical (unpaired) electrons. The van der Waals surface area contributed by atoms with Crippen molar-refractivity contribution in [2.75, 3.05) is 0 Å². The minimum Gasteiger partial charge on any atom is -0.490 e. The van der Waals surface area contributed by atoms with E-state index in [-0.39, 0.29) is 6.10 Å². The molecule has 1 aliphatic heterocycles. The summed E-state index contributed by atoms with van der Waals surface area (Å²) in [6, 6.07) is 18.3. The Balaban J connectivity index is 1.71. The van der Waals surface area contributed by atoms with Gasteiger partial charge in [0.05, 0.1) is 6.10 Å². The van der Waals surface area contributed by atoms with Crippen molar-refractivity contribution in [2.24, 2.45) is 0 Å². The van der Waals surface area contributed by atoms with Crippen LogP contribution >= 0.6 is 0 Å². The van der Waals surface area contributed by atoms with Gasteiger partial charge in [-0.1, -0.05) is 55.5 Å². The summed E-state index contributed by atoms with van der Waals surface area (Å²) in [5.41, 5.74) is 2.24. The Morgan fingerprint density at radius 1 is 1.10 bits per heavy atom. The number of hydrogen-bond acceptors (Lipinski definition) is 2. The summed E-state index contributed by atoms with van der Waals surface area (Å²) in [7, 11) is 0. The van der Waals surface area contributed by atoms with Crippen LogP contribution in [0, 0.1) is 0 Å². The Bertz CT molecular complexity index is 565. The predicted molar refractivity (Wildman–Crippen MR) is 79.9 cm³/mol. The van der Waals surface area contributed by atoms with Crippen LogP contribution in [0.1, 0.15) is 42.9 Å². The third kappa shape index (κ3) is 2.70. The number of aliphatic hydroxyl groups is 1. The summed E-state index contributed by atoms with van der Waals surface area (Å²) >= 11 is 0. The molecule has 2 unspecified atom stereocenters. The van der Waals surface area contributed by atoms with Gasteiger partial charge in [-0.15, -0.1) is 0 Å². The summed E-state index contributed by atoms with van der Waals surface area (Å²) in [6.45, 7) is 2.21. The first-order valence-corrected chi connectivity index (χ1v) is 7.22. The minimum atomic E-state index is -0.409. The number of ether oxygens (including phenoxy) is 1. The van der Waals surface area contributed by atoms with Crippen molar-refractivity contribution >= 4 is 0 Å². The van der Waals surface area contributed by atoms with Crippen molar-refractivity contribution < 1.29 is 9.84 Å². The van der Waals surface area contributed by atoms with Crippen LogP contribution in [0.3, 0.4) is 0 Å². The Labute approximate surface area is 120 Å². The van der Waals surface area contributed by atoms with Gasteiger partial charge in [-0.05, 0) is 24.0 Å². The van der Waals surface area contributed by atoms with Crippen molar-refractivity contribution in [3.63, 3.8) is 0 Å². The van der Waals surface area contributed by atoms with Gasteiger partial charge in [-0.2, -0.15) is 0 Å². The highest BCUT2D eigenvalue weighted by Gasteiger charge is 2.27. The van der Waals surface area contributed by atoms with Crippen molar-refractivity contribution in [1.29, 1.82) is 0 Å². The number of rotatable bonds is 3. The minimum absolute atomic E-state index is 0.0788. The quantitative estimate of drug-likeness (QED) is 0.909. The van der Waals surface area contributed by atoms with Gasteiger partial charge >= 0.3 is 0 Å². The van der Waals surface area contributed by atoms with Crippen LogP contribution < -0.4 is 4.74 Å². The molecule has 1 aliphatic rings. The molecule has 0 bridgehead atoms. The molecule has 0 aliphatic carbocycles. The normalized spacial score (nSPS) is 22.7. The van der Waals surface area contributed by atoms with Gasteiger partial charge in [0.15, 0.2) is 0 Å². The second-order valence-electron chi connectivity index (χ2n) is 5.58. The van der Waals surface area contributed by atoms with E-state index < -0.39 is 6.10 Å². The van der Waals surface area contributed by atoms with Gasteiger partial charge < -0.3 is 9.84 Å². The highest BCUT2D eigenvalue weighted by molar-refractivity contribution is 5.37. The standard InChI is InChI=1S/C18H20O2/c1-13(14-7-3-2-4-8-14)11-15-12-17(19)16-9-5-6-10-18(16)20-15/h2-10,13,15,17,19H,11-12H2,1H3/t13?,15?,17-/m1/s1. The lowest BCUT2D eigenvalue weighted by Crippen LogP contribution is -2.27. The molecule has 0 fully saturated rings. The first kappa shape index (κ1) is 13.2. The van der Waals surface area contributed by atoms with E-state index in [9.17, 15) is 5.11 Å². The molecule has 20 heavy (non-hydrogen) atoms. The number of aliphatic hydroxyl groups excluding tert-OH is 1. The maximum Gasteiger partial charge on any atom is 0.125 e. The lowest BCUT2D eigenvalue weighted by Gasteiger charge is -2.31. The van der Waals surface area contributed by atoms with Crippen LogP contribution in [0.5, 0.6) is 5.75 Å². The number of para-hydroxylation sites is 1. The zero-order chi connectivity index (χ0) is 13.9. The molecule has 2 aromatic rings. The van der Waals surface area contributed by atoms with E-state index in [1.54, 1.807) is 0 Å². The highest BCUT2D eigenvalue weighted by Crippen LogP contribution is 2.37.